The van der Waals surface area contributed by atoms with E-state index in [0.717, 1.165) is 35.7 Å². The molecular weight excluding hydrogens is 234 g/mol. The van der Waals surface area contributed by atoms with Crippen LogP contribution in [0.5, 0.6) is 0 Å². The third-order valence-corrected chi connectivity index (χ3v) is 4.09. The Morgan fingerprint density at radius 1 is 1.16 bits per heavy atom. The molecule has 0 aliphatic heterocycles. The van der Waals surface area contributed by atoms with Crippen molar-refractivity contribution in [2.24, 2.45) is 0 Å². The van der Waals surface area contributed by atoms with Crippen molar-refractivity contribution in [3.63, 3.8) is 0 Å². The van der Waals surface area contributed by atoms with Crippen molar-refractivity contribution in [3.05, 3.63) is 52.5 Å². The summed E-state index contributed by atoms with van der Waals surface area (Å²) >= 11 is 0. The molecule has 0 fully saturated rings. The molecule has 3 nitrogen and oxygen atoms in total. The van der Waals surface area contributed by atoms with Gasteiger partial charge in [-0.1, -0.05) is 24.3 Å². The molecule has 1 aliphatic carbocycles. The summed E-state index contributed by atoms with van der Waals surface area (Å²) in [6, 6.07) is 8.65. The smallest absolute Gasteiger partial charge is 0.138 e. The molecule has 0 saturated carbocycles. The molecular formula is C16H19N3. The summed E-state index contributed by atoms with van der Waals surface area (Å²) < 4.78 is 0. The van der Waals surface area contributed by atoms with E-state index >= 15 is 0 Å². The minimum absolute atomic E-state index is 0.350. The number of nitrogens with zero attached hydrogens (tertiary/aromatic N) is 2. The third-order valence-electron chi connectivity index (χ3n) is 4.09. The molecule has 1 unspecified atom stereocenters. The van der Waals surface area contributed by atoms with E-state index < -0.39 is 0 Å². The molecule has 0 bridgehead atoms. The maximum Gasteiger partial charge on any atom is 0.138 e. The van der Waals surface area contributed by atoms with E-state index in [1.165, 1.54) is 11.1 Å². The number of benzene rings is 1. The fourth-order valence-corrected chi connectivity index (χ4v) is 2.88. The second-order valence-corrected chi connectivity index (χ2v) is 5.18. The van der Waals surface area contributed by atoms with Crippen LogP contribution in [0.25, 0.3) is 0 Å². The second-order valence-electron chi connectivity index (χ2n) is 5.18. The SMILES string of the molecule is CNc1nc(C2CCc3ccccc32)nc(C)c1C. The molecule has 1 aliphatic rings. The van der Waals surface area contributed by atoms with Crippen molar-refractivity contribution in [1.29, 1.82) is 0 Å². The molecule has 1 atom stereocenters. The average molecular weight is 253 g/mol. The van der Waals surface area contributed by atoms with Gasteiger partial charge < -0.3 is 5.32 Å². The first-order chi connectivity index (χ1) is 9.20. The van der Waals surface area contributed by atoms with Gasteiger partial charge in [0.05, 0.1) is 0 Å². The first kappa shape index (κ1) is 12.2. The fraction of sp³-hybridized carbons (Fsp3) is 0.375. The van der Waals surface area contributed by atoms with E-state index in [0.29, 0.717) is 5.92 Å². The van der Waals surface area contributed by atoms with Gasteiger partial charge in [0.1, 0.15) is 11.6 Å². The van der Waals surface area contributed by atoms with Gasteiger partial charge in [0, 0.05) is 24.2 Å². The number of nitrogens with one attached hydrogen (secondary N) is 1. The highest BCUT2D eigenvalue weighted by Gasteiger charge is 2.26. The van der Waals surface area contributed by atoms with E-state index in [9.17, 15) is 0 Å². The Labute approximate surface area is 114 Å². The Morgan fingerprint density at radius 3 is 2.74 bits per heavy atom. The van der Waals surface area contributed by atoms with E-state index in [1.54, 1.807) is 0 Å². The summed E-state index contributed by atoms with van der Waals surface area (Å²) in [4.78, 5) is 9.42. The molecule has 1 aromatic heterocycles. The lowest BCUT2D eigenvalue weighted by Gasteiger charge is -2.14. The molecule has 0 saturated heterocycles. The Bertz CT molecular complexity index is 619. The van der Waals surface area contributed by atoms with Crippen LogP contribution >= 0.6 is 0 Å². The summed E-state index contributed by atoms with van der Waals surface area (Å²) in [6.45, 7) is 4.12. The van der Waals surface area contributed by atoms with Gasteiger partial charge in [-0.25, -0.2) is 9.97 Å². The van der Waals surface area contributed by atoms with Gasteiger partial charge in [-0.15, -0.1) is 0 Å². The third kappa shape index (κ3) is 1.99. The first-order valence-electron chi connectivity index (χ1n) is 6.81. The molecule has 0 amide bonds. The molecule has 3 heteroatoms. The summed E-state index contributed by atoms with van der Waals surface area (Å²) in [5, 5.41) is 3.17. The van der Waals surface area contributed by atoms with Gasteiger partial charge in [-0.2, -0.15) is 0 Å². The normalized spacial score (nSPS) is 17.3. The van der Waals surface area contributed by atoms with E-state index in [1.807, 2.05) is 7.05 Å². The van der Waals surface area contributed by atoms with Crippen molar-refractivity contribution in [1.82, 2.24) is 9.97 Å². The van der Waals surface area contributed by atoms with Gasteiger partial charge in [-0.05, 0) is 37.8 Å². The highest BCUT2D eigenvalue weighted by atomic mass is 15.0. The van der Waals surface area contributed by atoms with Crippen LogP contribution in [0.2, 0.25) is 0 Å². The first-order valence-corrected chi connectivity index (χ1v) is 6.81. The maximum atomic E-state index is 4.71. The lowest BCUT2D eigenvalue weighted by molar-refractivity contribution is 0.723. The molecule has 3 rings (SSSR count). The maximum absolute atomic E-state index is 4.71. The lowest BCUT2D eigenvalue weighted by Crippen LogP contribution is -2.09. The Balaban J connectivity index is 2.07. The quantitative estimate of drug-likeness (QED) is 0.893. The van der Waals surface area contributed by atoms with E-state index in [4.69, 9.17) is 9.97 Å². The van der Waals surface area contributed by atoms with Crippen LogP contribution in [0.1, 0.15) is 40.5 Å². The second kappa shape index (κ2) is 4.65. The van der Waals surface area contributed by atoms with Crippen molar-refractivity contribution >= 4 is 5.82 Å². The van der Waals surface area contributed by atoms with Crippen LogP contribution in [0.3, 0.4) is 0 Å². The zero-order chi connectivity index (χ0) is 13.4. The topological polar surface area (TPSA) is 37.8 Å². The van der Waals surface area contributed by atoms with Crippen LogP contribution in [-0.4, -0.2) is 17.0 Å². The minimum atomic E-state index is 0.350. The highest BCUT2D eigenvalue weighted by Crippen LogP contribution is 2.37. The Kier molecular flexibility index (Phi) is 2.97. The van der Waals surface area contributed by atoms with E-state index in [2.05, 4.69) is 43.4 Å². The number of fused-ring (bicyclic) bond motifs is 1. The molecule has 98 valence electrons. The largest absolute Gasteiger partial charge is 0.373 e. The van der Waals surface area contributed by atoms with Gasteiger partial charge in [0.15, 0.2) is 0 Å². The van der Waals surface area contributed by atoms with Crippen molar-refractivity contribution in [3.8, 4) is 0 Å². The number of hydrogen-bond acceptors (Lipinski definition) is 3. The number of rotatable bonds is 2. The predicted octanol–water partition coefficient (Wildman–Crippen LogP) is 3.21. The Hall–Kier alpha value is -1.90. The van der Waals surface area contributed by atoms with Gasteiger partial charge in [0.2, 0.25) is 0 Å². The van der Waals surface area contributed by atoms with Crippen LogP contribution in [0.4, 0.5) is 5.82 Å². The number of anilines is 1. The average Bonchev–Trinajstić information content (AvgIpc) is 2.85. The lowest BCUT2D eigenvalue weighted by atomic mass is 10.0. The van der Waals surface area contributed by atoms with Crippen molar-refractivity contribution < 1.29 is 0 Å². The predicted molar refractivity (Wildman–Crippen MR) is 77.7 cm³/mol. The van der Waals surface area contributed by atoms with Crippen LogP contribution in [0.15, 0.2) is 24.3 Å². The Morgan fingerprint density at radius 2 is 1.95 bits per heavy atom. The fourth-order valence-electron chi connectivity index (χ4n) is 2.88. The van der Waals surface area contributed by atoms with E-state index in [-0.39, 0.29) is 0 Å². The zero-order valence-corrected chi connectivity index (χ0v) is 11.7. The molecule has 0 radical (unpaired) electrons. The summed E-state index contributed by atoms with van der Waals surface area (Å²) in [7, 11) is 1.92. The van der Waals surface area contributed by atoms with Crippen LogP contribution in [-0.2, 0) is 6.42 Å². The van der Waals surface area contributed by atoms with Gasteiger partial charge in [0.25, 0.3) is 0 Å². The van der Waals surface area contributed by atoms with Gasteiger partial charge in [-0.3, -0.25) is 0 Å². The minimum Gasteiger partial charge on any atom is -0.373 e. The zero-order valence-electron chi connectivity index (χ0n) is 11.7. The number of hydrogen-bond donors (Lipinski definition) is 1. The molecule has 19 heavy (non-hydrogen) atoms. The van der Waals surface area contributed by atoms with Gasteiger partial charge >= 0.3 is 0 Å². The van der Waals surface area contributed by atoms with Crippen LogP contribution < -0.4 is 5.32 Å². The number of aryl methyl sites for hydroxylation is 2. The summed E-state index contributed by atoms with van der Waals surface area (Å²) in [5.41, 5.74) is 5.05. The highest BCUT2D eigenvalue weighted by molar-refractivity contribution is 5.47. The monoisotopic (exact) mass is 253 g/mol. The van der Waals surface area contributed by atoms with Crippen molar-refractivity contribution in [2.45, 2.75) is 32.6 Å². The summed E-state index contributed by atoms with van der Waals surface area (Å²) in [6.07, 6.45) is 2.25. The molecule has 1 heterocycles. The molecule has 2 aromatic rings. The standard InChI is InChI=1S/C16H19N3/c1-10-11(2)18-16(19-15(10)17-3)14-9-8-12-6-4-5-7-13(12)14/h4-7,14H,8-9H2,1-3H3,(H,17,18,19). The molecule has 1 N–H and O–H groups in total. The van der Waals surface area contributed by atoms with Crippen molar-refractivity contribution in [2.75, 3.05) is 12.4 Å². The van der Waals surface area contributed by atoms with Crippen LogP contribution in [0, 0.1) is 13.8 Å². The number of aromatic nitrogens is 2. The molecule has 0 spiro atoms. The summed E-state index contributed by atoms with van der Waals surface area (Å²) in [5.74, 6) is 2.26. The molecule has 1 aromatic carbocycles.